The molecule has 0 spiro atoms. The van der Waals surface area contributed by atoms with Crippen molar-refractivity contribution in [3.63, 3.8) is 0 Å². The summed E-state index contributed by atoms with van der Waals surface area (Å²) in [5.41, 5.74) is 6.49. The molecule has 7 nitrogen and oxygen atoms in total. The third-order valence-electron chi connectivity index (χ3n) is 3.71. The number of methoxy groups -OCH3 is 1. The maximum atomic E-state index is 12.5. The minimum Gasteiger partial charge on any atom is -0.497 e. The highest BCUT2D eigenvalue weighted by Gasteiger charge is 2.27. The van der Waals surface area contributed by atoms with Crippen molar-refractivity contribution in [2.45, 2.75) is 59.6 Å². The molecule has 0 radical (unpaired) electrons. The topological polar surface area (TPSA) is 103 Å². The molecule has 1 unspecified atom stereocenters. The van der Waals surface area contributed by atoms with E-state index in [-0.39, 0.29) is 11.9 Å². The second kappa shape index (κ2) is 10.2. The molecule has 0 amide bonds. The number of rotatable bonds is 9. The molecule has 27 heavy (non-hydrogen) atoms. The number of carbonyl (C=O) groups excluding carboxylic acids is 1. The van der Waals surface area contributed by atoms with Crippen LogP contribution in [0.2, 0.25) is 0 Å². The number of carbonyl (C=O) groups is 1. The Kier molecular flexibility index (Phi) is 8.56. The Morgan fingerprint density at radius 1 is 1.22 bits per heavy atom. The molecular weight excluding hydrogens is 344 g/mol. The van der Waals surface area contributed by atoms with Crippen molar-refractivity contribution in [1.29, 1.82) is 0 Å². The molecule has 0 aliphatic carbocycles. The highest BCUT2D eigenvalue weighted by Crippen LogP contribution is 2.21. The predicted molar refractivity (Wildman–Crippen MR) is 108 cm³/mol. The van der Waals surface area contributed by atoms with E-state index in [2.05, 4.69) is 18.9 Å². The van der Waals surface area contributed by atoms with Crippen molar-refractivity contribution in [2.75, 3.05) is 7.11 Å². The van der Waals surface area contributed by atoms with E-state index in [1.54, 1.807) is 7.11 Å². The van der Waals surface area contributed by atoms with Gasteiger partial charge in [-0.25, -0.2) is 11.0 Å². The molecule has 0 heterocycles. The molecule has 4 N–H and O–H groups in total. The van der Waals surface area contributed by atoms with E-state index < -0.39 is 5.60 Å². The summed E-state index contributed by atoms with van der Waals surface area (Å²) < 4.78 is 10.7. The van der Waals surface area contributed by atoms with Crippen molar-refractivity contribution in [3.8, 4) is 5.75 Å². The Bertz CT molecular complexity index is 621. The van der Waals surface area contributed by atoms with Gasteiger partial charge in [0, 0.05) is 6.42 Å². The number of nitrogens with zero attached hydrogens (tertiary/aromatic N) is 2. The monoisotopic (exact) mass is 378 g/mol. The summed E-state index contributed by atoms with van der Waals surface area (Å²) in [4.78, 5) is 12.5. The van der Waals surface area contributed by atoms with Crippen LogP contribution in [0.3, 0.4) is 0 Å². The normalized spacial score (nSPS) is 13.4. The SMILES string of the molecule is COc1ccc(CN(N)/N=C(\N)CC(CC(C)C)C(=O)OC(C)(C)C)cc1. The van der Waals surface area contributed by atoms with Crippen LogP contribution in [0, 0.1) is 11.8 Å². The first-order chi connectivity index (χ1) is 12.5. The highest BCUT2D eigenvalue weighted by molar-refractivity contribution is 5.85. The van der Waals surface area contributed by atoms with E-state index >= 15 is 0 Å². The fraction of sp³-hybridized carbons (Fsp3) is 0.600. The minimum atomic E-state index is -0.535. The van der Waals surface area contributed by atoms with Crippen LogP contribution in [-0.4, -0.2) is 29.6 Å². The van der Waals surface area contributed by atoms with Crippen molar-refractivity contribution in [2.24, 2.45) is 28.5 Å². The number of esters is 1. The Hall–Kier alpha value is -2.28. The fourth-order valence-electron chi connectivity index (χ4n) is 2.63. The number of nitrogens with two attached hydrogens (primary N) is 2. The maximum absolute atomic E-state index is 12.5. The van der Waals surface area contributed by atoms with Gasteiger partial charge in [-0.15, -0.1) is 5.10 Å². The summed E-state index contributed by atoms with van der Waals surface area (Å²) in [6, 6.07) is 7.54. The van der Waals surface area contributed by atoms with Gasteiger partial charge in [-0.2, -0.15) is 0 Å². The Morgan fingerprint density at radius 3 is 2.30 bits per heavy atom. The van der Waals surface area contributed by atoms with Gasteiger partial charge >= 0.3 is 5.97 Å². The summed E-state index contributed by atoms with van der Waals surface area (Å²) in [6.45, 7) is 10.1. The largest absolute Gasteiger partial charge is 0.497 e. The Morgan fingerprint density at radius 2 is 1.81 bits per heavy atom. The number of ether oxygens (including phenoxy) is 2. The van der Waals surface area contributed by atoms with E-state index in [4.69, 9.17) is 21.1 Å². The van der Waals surface area contributed by atoms with E-state index in [0.29, 0.717) is 31.1 Å². The van der Waals surface area contributed by atoms with Gasteiger partial charge in [0.05, 0.1) is 19.6 Å². The average molecular weight is 379 g/mol. The third kappa shape index (κ3) is 9.28. The number of hydrogen-bond acceptors (Lipinski definition) is 6. The average Bonchev–Trinajstić information content (AvgIpc) is 2.52. The van der Waals surface area contributed by atoms with Crippen LogP contribution in [0.4, 0.5) is 0 Å². The summed E-state index contributed by atoms with van der Waals surface area (Å²) >= 11 is 0. The van der Waals surface area contributed by atoms with Gasteiger partial charge in [-0.1, -0.05) is 26.0 Å². The predicted octanol–water partition coefficient (Wildman–Crippen LogP) is 3.04. The van der Waals surface area contributed by atoms with Crippen molar-refractivity contribution >= 4 is 11.8 Å². The number of amidine groups is 1. The van der Waals surface area contributed by atoms with Crippen molar-refractivity contribution < 1.29 is 14.3 Å². The maximum Gasteiger partial charge on any atom is 0.309 e. The molecule has 0 aliphatic rings. The zero-order valence-corrected chi connectivity index (χ0v) is 17.4. The first-order valence-electron chi connectivity index (χ1n) is 9.21. The second-order valence-electron chi connectivity index (χ2n) is 8.10. The number of hydrazine groups is 1. The van der Waals surface area contributed by atoms with Gasteiger partial charge in [-0.3, -0.25) is 4.79 Å². The molecule has 1 aromatic carbocycles. The lowest BCUT2D eigenvalue weighted by atomic mass is 9.93. The molecule has 1 atom stereocenters. The van der Waals surface area contributed by atoms with Gasteiger partial charge in [0.1, 0.15) is 17.2 Å². The molecule has 0 bridgehead atoms. The van der Waals surface area contributed by atoms with Gasteiger partial charge in [-0.05, 0) is 50.8 Å². The number of hydrogen-bond donors (Lipinski definition) is 2. The smallest absolute Gasteiger partial charge is 0.309 e. The standard InChI is InChI=1S/C20H34N4O3/c1-14(2)11-16(19(25)27-20(3,4)5)12-18(21)23-24(22)13-15-7-9-17(26-6)10-8-15/h7-10,14,16H,11-13,22H2,1-6H3,(H2,21,23). The van der Waals surface area contributed by atoms with E-state index in [9.17, 15) is 4.79 Å². The van der Waals surface area contributed by atoms with Crippen molar-refractivity contribution in [1.82, 2.24) is 5.12 Å². The number of hydrazone groups is 1. The van der Waals surface area contributed by atoms with Crippen LogP contribution in [0.25, 0.3) is 0 Å². The molecule has 0 fully saturated rings. The second-order valence-corrected chi connectivity index (χ2v) is 8.10. The molecule has 0 aliphatic heterocycles. The van der Waals surface area contributed by atoms with Gasteiger partial charge in [0.2, 0.25) is 0 Å². The van der Waals surface area contributed by atoms with E-state index in [0.717, 1.165) is 11.3 Å². The van der Waals surface area contributed by atoms with Gasteiger partial charge in [0.15, 0.2) is 0 Å². The summed E-state index contributed by atoms with van der Waals surface area (Å²) in [5, 5.41) is 5.48. The zero-order valence-electron chi connectivity index (χ0n) is 17.4. The van der Waals surface area contributed by atoms with Gasteiger partial charge in [0.25, 0.3) is 0 Å². The van der Waals surface area contributed by atoms with Crippen LogP contribution in [0.5, 0.6) is 5.75 Å². The molecule has 7 heteroatoms. The first kappa shape index (κ1) is 22.8. The quantitative estimate of drug-likeness (QED) is 0.225. The Labute approximate surface area is 162 Å². The van der Waals surface area contributed by atoms with Gasteiger partial charge < -0.3 is 15.2 Å². The highest BCUT2D eigenvalue weighted by atomic mass is 16.6. The molecule has 0 aromatic heterocycles. The first-order valence-corrected chi connectivity index (χ1v) is 9.21. The lowest BCUT2D eigenvalue weighted by Gasteiger charge is -2.25. The molecule has 1 aromatic rings. The van der Waals surface area contributed by atoms with Crippen molar-refractivity contribution in [3.05, 3.63) is 29.8 Å². The third-order valence-corrected chi connectivity index (χ3v) is 3.71. The molecular formula is C20H34N4O3. The zero-order chi connectivity index (χ0) is 20.6. The fourth-order valence-corrected chi connectivity index (χ4v) is 2.63. The lowest BCUT2D eigenvalue weighted by Crippen LogP contribution is -2.34. The lowest BCUT2D eigenvalue weighted by molar-refractivity contribution is -0.160. The van der Waals surface area contributed by atoms with E-state index in [1.165, 1.54) is 5.12 Å². The van der Waals surface area contributed by atoms with Crippen LogP contribution >= 0.6 is 0 Å². The Balaban J connectivity index is 2.73. The summed E-state index contributed by atoms with van der Waals surface area (Å²) in [5.74, 6) is 6.77. The number of benzene rings is 1. The van der Waals surface area contributed by atoms with E-state index in [1.807, 2.05) is 45.0 Å². The molecule has 152 valence electrons. The van der Waals surface area contributed by atoms with Crippen LogP contribution < -0.4 is 16.3 Å². The minimum absolute atomic E-state index is 0.256. The summed E-state index contributed by atoms with van der Waals surface area (Å²) in [7, 11) is 1.62. The molecule has 0 saturated carbocycles. The molecule has 1 rings (SSSR count). The van der Waals surface area contributed by atoms with Crippen LogP contribution in [-0.2, 0) is 16.1 Å². The van der Waals surface area contributed by atoms with Crippen LogP contribution in [0.15, 0.2) is 29.4 Å². The molecule has 0 saturated heterocycles. The van der Waals surface area contributed by atoms with Crippen LogP contribution in [0.1, 0.15) is 53.0 Å². The summed E-state index contributed by atoms with van der Waals surface area (Å²) in [6.07, 6.45) is 0.984.